The zero-order chi connectivity index (χ0) is 18.8. The molecule has 1 N–H and O–H groups in total. The summed E-state index contributed by atoms with van der Waals surface area (Å²) in [7, 11) is 0. The number of nitrogens with zero attached hydrogens (tertiary/aromatic N) is 3. The van der Waals surface area contributed by atoms with Gasteiger partial charge in [0, 0.05) is 17.5 Å². The number of amides is 1. The predicted octanol–water partition coefficient (Wildman–Crippen LogP) is 2.89. The maximum Gasteiger partial charge on any atom is 0.292 e. The van der Waals surface area contributed by atoms with Gasteiger partial charge in [0.1, 0.15) is 0 Å². The Balaban J connectivity index is 1.71. The van der Waals surface area contributed by atoms with Crippen molar-refractivity contribution in [2.75, 3.05) is 0 Å². The Morgan fingerprint density at radius 2 is 1.85 bits per heavy atom. The molecule has 0 saturated heterocycles. The normalized spacial score (nSPS) is 14.9. The van der Waals surface area contributed by atoms with Crippen molar-refractivity contribution in [3.05, 3.63) is 75.7 Å². The average Bonchev–Trinajstić information content (AvgIpc) is 2.72. The van der Waals surface area contributed by atoms with Gasteiger partial charge in [0.25, 0.3) is 11.5 Å². The highest BCUT2D eigenvalue weighted by Crippen LogP contribution is 2.21. The Morgan fingerprint density at radius 3 is 2.67 bits per heavy atom. The molecule has 0 unspecified atom stereocenters. The molecule has 0 aliphatic heterocycles. The maximum atomic E-state index is 12.8. The predicted molar refractivity (Wildman–Crippen MR) is 105 cm³/mol. The molecule has 1 aliphatic rings. The average molecular weight is 360 g/mol. The molecule has 27 heavy (non-hydrogen) atoms. The molecule has 1 amide bonds. The summed E-state index contributed by atoms with van der Waals surface area (Å²) >= 11 is 0. The number of hydrogen-bond donors (Lipinski definition) is 1. The molecule has 6 heteroatoms. The Bertz CT molecular complexity index is 1110. The number of fused-ring (bicyclic) bond motifs is 2. The summed E-state index contributed by atoms with van der Waals surface area (Å²) in [5.41, 5.74) is 5.86. The molecule has 0 atom stereocenters. The van der Waals surface area contributed by atoms with Gasteiger partial charge < -0.3 is 0 Å². The van der Waals surface area contributed by atoms with Crippen LogP contribution in [0.5, 0.6) is 0 Å². The second-order valence-electron chi connectivity index (χ2n) is 6.53. The third-order valence-electron chi connectivity index (χ3n) is 4.86. The fourth-order valence-electron chi connectivity index (χ4n) is 3.51. The number of rotatable bonds is 3. The molecule has 1 heterocycles. The van der Waals surface area contributed by atoms with Crippen LogP contribution in [0.3, 0.4) is 0 Å². The van der Waals surface area contributed by atoms with E-state index in [0.717, 1.165) is 30.5 Å². The van der Waals surface area contributed by atoms with Gasteiger partial charge in [0.2, 0.25) is 0 Å². The van der Waals surface area contributed by atoms with Crippen molar-refractivity contribution in [1.82, 2.24) is 15.2 Å². The van der Waals surface area contributed by atoms with E-state index in [2.05, 4.69) is 21.7 Å². The van der Waals surface area contributed by atoms with Crippen LogP contribution in [0, 0.1) is 0 Å². The van der Waals surface area contributed by atoms with E-state index < -0.39 is 5.91 Å². The fraction of sp³-hybridized carbons (Fsp3) is 0.238. The van der Waals surface area contributed by atoms with Gasteiger partial charge in [-0.2, -0.15) is 10.2 Å². The van der Waals surface area contributed by atoms with E-state index in [-0.39, 0.29) is 11.3 Å². The molecule has 136 valence electrons. The van der Waals surface area contributed by atoms with Crippen molar-refractivity contribution in [2.24, 2.45) is 5.10 Å². The quantitative estimate of drug-likeness (QED) is 0.730. The second kappa shape index (κ2) is 7.15. The number of hydrazone groups is 1. The van der Waals surface area contributed by atoms with Crippen LogP contribution in [0.15, 0.2) is 58.4 Å². The summed E-state index contributed by atoms with van der Waals surface area (Å²) in [6, 6.07) is 15.2. The van der Waals surface area contributed by atoms with E-state index in [4.69, 9.17) is 0 Å². The van der Waals surface area contributed by atoms with Crippen molar-refractivity contribution in [1.29, 1.82) is 0 Å². The van der Waals surface area contributed by atoms with E-state index >= 15 is 0 Å². The Labute approximate surface area is 156 Å². The minimum absolute atomic E-state index is 0.197. The van der Waals surface area contributed by atoms with Gasteiger partial charge in [-0.15, -0.1) is 0 Å². The molecule has 0 saturated carbocycles. The van der Waals surface area contributed by atoms with E-state index in [1.807, 2.05) is 25.1 Å². The lowest BCUT2D eigenvalue weighted by molar-refractivity contribution is 0.0949. The van der Waals surface area contributed by atoms with Gasteiger partial charge in [-0.25, -0.2) is 10.1 Å². The van der Waals surface area contributed by atoms with Crippen molar-refractivity contribution in [3.8, 4) is 0 Å². The zero-order valence-electron chi connectivity index (χ0n) is 15.1. The monoisotopic (exact) mass is 360 g/mol. The Morgan fingerprint density at radius 1 is 1.11 bits per heavy atom. The molecule has 0 fully saturated rings. The summed E-state index contributed by atoms with van der Waals surface area (Å²) in [5.74, 6) is -0.413. The van der Waals surface area contributed by atoms with Gasteiger partial charge in [-0.05, 0) is 37.8 Å². The number of nitrogens with one attached hydrogen (secondary N) is 1. The zero-order valence-corrected chi connectivity index (χ0v) is 15.1. The first-order valence-corrected chi connectivity index (χ1v) is 9.14. The van der Waals surface area contributed by atoms with Gasteiger partial charge in [0.05, 0.1) is 11.1 Å². The van der Waals surface area contributed by atoms with Gasteiger partial charge in [0.15, 0.2) is 5.69 Å². The Hall–Kier alpha value is -3.28. The third-order valence-corrected chi connectivity index (χ3v) is 4.86. The molecule has 0 spiro atoms. The van der Waals surface area contributed by atoms with E-state index in [0.29, 0.717) is 17.3 Å². The lowest BCUT2D eigenvalue weighted by Crippen LogP contribution is -2.29. The molecular formula is C21H20N4O2. The molecule has 3 aromatic rings. The highest BCUT2D eigenvalue weighted by Gasteiger charge is 2.18. The standard InChI is InChI=1S/C21H20N4O2/c1-2-25-21(27)17-12-6-5-11-16(17)19(24-25)20(26)23-22-18-13-7-9-14-8-3-4-10-15(14)18/h3-6,8,10-12H,2,7,9,13H2,1H3,(H,23,26)/b22-18-. The first-order chi connectivity index (χ1) is 13.2. The summed E-state index contributed by atoms with van der Waals surface area (Å²) < 4.78 is 1.31. The number of aromatic nitrogens is 2. The minimum atomic E-state index is -0.413. The van der Waals surface area contributed by atoms with E-state index in [9.17, 15) is 9.59 Å². The third kappa shape index (κ3) is 3.14. The number of carbonyl (C=O) groups is 1. The number of benzene rings is 2. The largest absolute Gasteiger partial charge is 0.292 e. The van der Waals surface area contributed by atoms with Gasteiger partial charge in [-0.3, -0.25) is 9.59 Å². The first-order valence-electron chi connectivity index (χ1n) is 9.14. The van der Waals surface area contributed by atoms with E-state index in [1.54, 1.807) is 24.3 Å². The molecular weight excluding hydrogens is 340 g/mol. The summed E-state index contributed by atoms with van der Waals surface area (Å²) in [6.07, 6.45) is 2.85. The van der Waals surface area contributed by atoms with Crippen LogP contribution in [0.4, 0.5) is 0 Å². The summed E-state index contributed by atoms with van der Waals surface area (Å²) in [4.78, 5) is 25.2. The van der Waals surface area contributed by atoms with Crippen LogP contribution < -0.4 is 11.0 Å². The number of hydrogen-bond acceptors (Lipinski definition) is 4. The number of carbonyl (C=O) groups excluding carboxylic acids is 1. The second-order valence-corrected chi connectivity index (χ2v) is 6.53. The smallest absolute Gasteiger partial charge is 0.267 e. The maximum absolute atomic E-state index is 12.8. The molecule has 1 aliphatic carbocycles. The molecule has 6 nitrogen and oxygen atoms in total. The van der Waals surface area contributed by atoms with Crippen LogP contribution in [0.2, 0.25) is 0 Å². The molecule has 2 aromatic carbocycles. The minimum Gasteiger partial charge on any atom is -0.267 e. The van der Waals surface area contributed by atoms with Gasteiger partial charge in [-0.1, -0.05) is 42.5 Å². The van der Waals surface area contributed by atoms with Crippen LogP contribution in [0.25, 0.3) is 10.8 Å². The number of aryl methyl sites for hydroxylation is 2. The first kappa shape index (κ1) is 17.1. The van der Waals surface area contributed by atoms with Crippen molar-refractivity contribution < 1.29 is 4.79 Å². The molecule has 4 rings (SSSR count). The highest BCUT2D eigenvalue weighted by atomic mass is 16.2. The van der Waals surface area contributed by atoms with Crippen molar-refractivity contribution in [2.45, 2.75) is 32.7 Å². The summed E-state index contributed by atoms with van der Waals surface area (Å²) in [5, 5.41) is 9.64. The Kier molecular flexibility index (Phi) is 4.54. The van der Waals surface area contributed by atoms with Crippen LogP contribution in [-0.2, 0) is 13.0 Å². The van der Waals surface area contributed by atoms with Crippen molar-refractivity contribution >= 4 is 22.4 Å². The lowest BCUT2D eigenvalue weighted by Gasteiger charge is -2.17. The SMILES string of the molecule is CCn1nc(C(=O)N/N=C2/CCCc3ccccc32)c2ccccc2c1=O. The van der Waals surface area contributed by atoms with Crippen LogP contribution in [0.1, 0.15) is 41.4 Å². The lowest BCUT2D eigenvalue weighted by atomic mass is 9.90. The van der Waals surface area contributed by atoms with E-state index in [1.165, 1.54) is 10.2 Å². The summed E-state index contributed by atoms with van der Waals surface area (Å²) in [6.45, 7) is 2.22. The van der Waals surface area contributed by atoms with Gasteiger partial charge >= 0.3 is 0 Å². The molecule has 0 radical (unpaired) electrons. The van der Waals surface area contributed by atoms with Crippen LogP contribution >= 0.6 is 0 Å². The van der Waals surface area contributed by atoms with Crippen LogP contribution in [-0.4, -0.2) is 21.4 Å². The molecule has 0 bridgehead atoms. The molecule has 1 aromatic heterocycles. The fourth-order valence-corrected chi connectivity index (χ4v) is 3.51. The topological polar surface area (TPSA) is 76.3 Å². The highest BCUT2D eigenvalue weighted by molar-refractivity contribution is 6.07. The van der Waals surface area contributed by atoms with Crippen molar-refractivity contribution in [3.63, 3.8) is 0 Å².